The summed E-state index contributed by atoms with van der Waals surface area (Å²) in [4.78, 5) is 12.0. The van der Waals surface area contributed by atoms with Crippen LogP contribution in [0.1, 0.15) is 19.3 Å². The summed E-state index contributed by atoms with van der Waals surface area (Å²) < 4.78 is 1.60. The summed E-state index contributed by atoms with van der Waals surface area (Å²) in [6.07, 6.45) is 6.94. The van der Waals surface area contributed by atoms with Crippen LogP contribution in [0.5, 0.6) is 0 Å². The second-order valence-corrected chi connectivity index (χ2v) is 5.22. The number of rotatable bonds is 4. The molecular weight excluding hydrogens is 266 g/mol. The summed E-state index contributed by atoms with van der Waals surface area (Å²) >= 11 is 0. The van der Waals surface area contributed by atoms with Gasteiger partial charge in [0.25, 0.3) is 0 Å². The minimum atomic E-state index is 0.0415. The number of carbonyl (C=O) groups excluding carboxylic acids is 1. The first-order valence-corrected chi connectivity index (χ1v) is 7.01. The van der Waals surface area contributed by atoms with E-state index in [1.165, 1.54) is 0 Å². The number of hydrogen-bond acceptors (Lipinski definition) is 4. The van der Waals surface area contributed by atoms with Crippen molar-refractivity contribution >= 4 is 11.6 Å². The van der Waals surface area contributed by atoms with Gasteiger partial charge in [-0.3, -0.25) is 4.79 Å². The Morgan fingerprint density at radius 1 is 1.48 bits per heavy atom. The molecule has 0 saturated carbocycles. The predicted molar refractivity (Wildman–Crippen MR) is 79.3 cm³/mol. The Kier molecular flexibility index (Phi) is 3.77. The SMILES string of the molecule is Cn1nnnc1-c1cccc(NC(=O)C[C@@H]2C=CCC2)c1. The minimum Gasteiger partial charge on any atom is -0.326 e. The largest absolute Gasteiger partial charge is 0.326 e. The normalized spacial score (nSPS) is 17.1. The van der Waals surface area contributed by atoms with E-state index in [-0.39, 0.29) is 5.91 Å². The molecule has 0 bridgehead atoms. The van der Waals surface area contributed by atoms with Crippen molar-refractivity contribution in [2.24, 2.45) is 13.0 Å². The molecule has 2 aromatic rings. The number of hydrogen-bond donors (Lipinski definition) is 1. The first kappa shape index (κ1) is 13.5. The highest BCUT2D eigenvalue weighted by Gasteiger charge is 2.14. The summed E-state index contributed by atoms with van der Waals surface area (Å²) in [5.41, 5.74) is 1.64. The van der Waals surface area contributed by atoms with Crippen molar-refractivity contribution in [1.82, 2.24) is 20.2 Å². The van der Waals surface area contributed by atoms with Gasteiger partial charge in [0.15, 0.2) is 5.82 Å². The summed E-state index contributed by atoms with van der Waals surface area (Å²) in [7, 11) is 1.78. The molecule has 1 aliphatic carbocycles. The van der Waals surface area contributed by atoms with Crippen molar-refractivity contribution in [2.45, 2.75) is 19.3 Å². The topological polar surface area (TPSA) is 72.7 Å². The molecule has 108 valence electrons. The average Bonchev–Trinajstić information content (AvgIpc) is 3.10. The molecule has 1 N–H and O–H groups in total. The zero-order chi connectivity index (χ0) is 14.7. The van der Waals surface area contributed by atoms with Crippen LogP contribution in [0.25, 0.3) is 11.4 Å². The van der Waals surface area contributed by atoms with Crippen molar-refractivity contribution in [3.05, 3.63) is 36.4 Å². The van der Waals surface area contributed by atoms with Gasteiger partial charge in [-0.1, -0.05) is 24.3 Å². The molecule has 21 heavy (non-hydrogen) atoms. The highest BCUT2D eigenvalue weighted by molar-refractivity contribution is 5.91. The zero-order valence-electron chi connectivity index (χ0n) is 11.9. The van der Waals surface area contributed by atoms with Gasteiger partial charge in [-0.05, 0) is 41.3 Å². The fourth-order valence-electron chi connectivity index (χ4n) is 2.53. The standard InChI is InChI=1S/C15H17N5O/c1-20-15(17-18-19-20)12-7-4-8-13(10-12)16-14(21)9-11-5-2-3-6-11/h2,4-5,7-8,10-11H,3,6,9H2,1H3,(H,16,21)/t11-/m1/s1. The maximum absolute atomic E-state index is 12.0. The number of allylic oxidation sites excluding steroid dienone is 2. The van der Waals surface area contributed by atoms with E-state index < -0.39 is 0 Å². The predicted octanol–water partition coefficient (Wildman–Crippen LogP) is 2.17. The van der Waals surface area contributed by atoms with Crippen molar-refractivity contribution < 1.29 is 4.79 Å². The number of anilines is 1. The number of tetrazole rings is 1. The Labute approximate surface area is 122 Å². The van der Waals surface area contributed by atoms with Crippen LogP contribution >= 0.6 is 0 Å². The fourth-order valence-corrected chi connectivity index (χ4v) is 2.53. The summed E-state index contributed by atoms with van der Waals surface area (Å²) in [6.45, 7) is 0. The lowest BCUT2D eigenvalue weighted by atomic mass is 10.0. The Morgan fingerprint density at radius 2 is 2.38 bits per heavy atom. The van der Waals surface area contributed by atoms with E-state index in [4.69, 9.17) is 0 Å². The number of aromatic nitrogens is 4. The molecule has 0 saturated heterocycles. The van der Waals surface area contributed by atoms with E-state index in [2.05, 4.69) is 33.0 Å². The molecule has 6 heteroatoms. The van der Waals surface area contributed by atoms with Crippen LogP contribution < -0.4 is 5.32 Å². The quantitative estimate of drug-likeness (QED) is 0.873. The maximum Gasteiger partial charge on any atom is 0.224 e. The van der Waals surface area contributed by atoms with Crippen molar-refractivity contribution in [3.8, 4) is 11.4 Å². The van der Waals surface area contributed by atoms with E-state index in [9.17, 15) is 4.79 Å². The van der Waals surface area contributed by atoms with Crippen LogP contribution in [0.4, 0.5) is 5.69 Å². The van der Waals surface area contributed by atoms with E-state index in [1.807, 2.05) is 24.3 Å². The molecule has 1 atom stereocenters. The van der Waals surface area contributed by atoms with Crippen LogP contribution in [-0.2, 0) is 11.8 Å². The molecule has 0 unspecified atom stereocenters. The van der Waals surface area contributed by atoms with E-state index >= 15 is 0 Å². The van der Waals surface area contributed by atoms with Gasteiger partial charge in [-0.15, -0.1) is 5.10 Å². The molecule has 1 heterocycles. The number of nitrogens with one attached hydrogen (secondary N) is 1. The van der Waals surface area contributed by atoms with Crippen LogP contribution in [0.15, 0.2) is 36.4 Å². The third-order valence-electron chi connectivity index (χ3n) is 3.58. The zero-order valence-corrected chi connectivity index (χ0v) is 11.9. The molecule has 0 fully saturated rings. The van der Waals surface area contributed by atoms with Gasteiger partial charge < -0.3 is 5.32 Å². The first-order chi connectivity index (χ1) is 10.2. The van der Waals surface area contributed by atoms with Crippen molar-refractivity contribution in [2.75, 3.05) is 5.32 Å². The number of nitrogens with zero attached hydrogens (tertiary/aromatic N) is 4. The van der Waals surface area contributed by atoms with Gasteiger partial charge in [0.2, 0.25) is 5.91 Å². The monoisotopic (exact) mass is 283 g/mol. The van der Waals surface area contributed by atoms with Crippen LogP contribution in [-0.4, -0.2) is 26.1 Å². The molecule has 1 amide bonds. The maximum atomic E-state index is 12.0. The first-order valence-electron chi connectivity index (χ1n) is 7.01. The van der Waals surface area contributed by atoms with E-state index in [1.54, 1.807) is 11.7 Å². The number of amides is 1. The highest BCUT2D eigenvalue weighted by atomic mass is 16.1. The number of carbonyl (C=O) groups is 1. The third kappa shape index (κ3) is 3.16. The van der Waals surface area contributed by atoms with Gasteiger partial charge in [0, 0.05) is 24.7 Å². The highest BCUT2D eigenvalue weighted by Crippen LogP contribution is 2.22. The van der Waals surface area contributed by atoms with Crippen molar-refractivity contribution in [3.63, 3.8) is 0 Å². The second-order valence-electron chi connectivity index (χ2n) is 5.22. The smallest absolute Gasteiger partial charge is 0.224 e. The van der Waals surface area contributed by atoms with Crippen molar-refractivity contribution in [1.29, 1.82) is 0 Å². The van der Waals surface area contributed by atoms with Gasteiger partial charge in [-0.2, -0.15) is 0 Å². The molecule has 6 nitrogen and oxygen atoms in total. The van der Waals surface area contributed by atoms with Crippen LogP contribution in [0, 0.1) is 5.92 Å². The van der Waals surface area contributed by atoms with E-state index in [0.717, 1.165) is 24.1 Å². The van der Waals surface area contributed by atoms with Gasteiger partial charge in [0.1, 0.15) is 0 Å². The van der Waals surface area contributed by atoms with Gasteiger partial charge in [0.05, 0.1) is 0 Å². The summed E-state index contributed by atoms with van der Waals surface area (Å²) in [6, 6.07) is 7.56. The lowest BCUT2D eigenvalue weighted by Gasteiger charge is -2.09. The van der Waals surface area contributed by atoms with Crippen LogP contribution in [0.2, 0.25) is 0 Å². The molecule has 3 rings (SSSR count). The van der Waals surface area contributed by atoms with E-state index in [0.29, 0.717) is 18.2 Å². The molecule has 0 radical (unpaired) electrons. The summed E-state index contributed by atoms with van der Waals surface area (Å²) in [5.74, 6) is 1.08. The number of aryl methyl sites for hydroxylation is 1. The second kappa shape index (κ2) is 5.87. The molecule has 0 spiro atoms. The molecule has 1 aromatic heterocycles. The molecular formula is C15H17N5O. The third-order valence-corrected chi connectivity index (χ3v) is 3.58. The Bertz CT molecular complexity index is 676. The molecule has 1 aliphatic rings. The lowest BCUT2D eigenvalue weighted by Crippen LogP contribution is -2.14. The average molecular weight is 283 g/mol. The summed E-state index contributed by atoms with van der Waals surface area (Å²) in [5, 5.41) is 14.3. The fraction of sp³-hybridized carbons (Fsp3) is 0.333. The number of benzene rings is 1. The van der Waals surface area contributed by atoms with Gasteiger partial charge in [-0.25, -0.2) is 4.68 Å². The molecule has 0 aliphatic heterocycles. The lowest BCUT2D eigenvalue weighted by molar-refractivity contribution is -0.116. The molecule has 1 aromatic carbocycles. The Hall–Kier alpha value is -2.50. The Balaban J connectivity index is 1.70. The minimum absolute atomic E-state index is 0.0415. The Morgan fingerprint density at radius 3 is 3.10 bits per heavy atom. The van der Waals surface area contributed by atoms with Crippen LogP contribution in [0.3, 0.4) is 0 Å². The van der Waals surface area contributed by atoms with Gasteiger partial charge >= 0.3 is 0 Å².